The number of nitrogens with one attached hydrogen (secondary N) is 1. The van der Waals surface area contributed by atoms with Crippen LogP contribution in [-0.2, 0) is 10.0 Å². The highest BCUT2D eigenvalue weighted by Gasteiger charge is 2.21. The monoisotopic (exact) mass is 536 g/mol. The van der Waals surface area contributed by atoms with Crippen molar-refractivity contribution < 1.29 is 26.7 Å². The van der Waals surface area contributed by atoms with Crippen molar-refractivity contribution in [1.29, 1.82) is 0 Å². The Morgan fingerprint density at radius 2 is 1.92 bits per heavy atom. The van der Waals surface area contributed by atoms with Gasteiger partial charge in [-0.3, -0.25) is 18.3 Å². The number of nitrogens with zero attached hydrogens (tertiary/aromatic N) is 3. The van der Waals surface area contributed by atoms with E-state index in [2.05, 4.69) is 14.7 Å². The summed E-state index contributed by atoms with van der Waals surface area (Å²) in [6.07, 6.45) is 4.34. The minimum absolute atomic E-state index is 0.00994. The molecule has 3 heterocycles. The average molecular weight is 537 g/mol. The Morgan fingerprint density at radius 1 is 1.11 bits per heavy atom. The molecule has 188 valence electrons. The molecule has 36 heavy (non-hydrogen) atoms. The number of aromatic nitrogens is 3. The van der Waals surface area contributed by atoms with Crippen molar-refractivity contribution in [2.45, 2.75) is 11.3 Å². The van der Waals surface area contributed by atoms with Gasteiger partial charge in [-0.1, -0.05) is 11.6 Å². The highest BCUT2D eigenvalue weighted by atomic mass is 35.5. The Hall–Kier alpha value is -3.77. The van der Waals surface area contributed by atoms with Crippen molar-refractivity contribution in [2.24, 2.45) is 0 Å². The summed E-state index contributed by atoms with van der Waals surface area (Å²) in [5, 5.41) is -0.295. The van der Waals surface area contributed by atoms with Gasteiger partial charge in [0.1, 0.15) is 22.0 Å². The highest BCUT2D eigenvalue weighted by molar-refractivity contribution is 7.92. The van der Waals surface area contributed by atoms with Crippen molar-refractivity contribution in [3.05, 3.63) is 76.2 Å². The lowest BCUT2D eigenvalue weighted by molar-refractivity contribution is 0.285. The molecule has 4 aromatic rings. The van der Waals surface area contributed by atoms with Gasteiger partial charge < -0.3 is 9.47 Å². The molecule has 1 N–H and O–H groups in total. The van der Waals surface area contributed by atoms with Gasteiger partial charge in [-0.15, -0.1) is 0 Å². The molecule has 0 aliphatic heterocycles. The number of anilines is 1. The molecule has 3 aromatic heterocycles. The molecule has 0 amide bonds. The zero-order valence-corrected chi connectivity index (χ0v) is 20.3. The molecule has 0 atom stereocenters. The van der Waals surface area contributed by atoms with Gasteiger partial charge in [-0.2, -0.15) is 0 Å². The predicted octanol–water partition coefficient (Wildman–Crippen LogP) is 4.10. The zero-order valence-electron chi connectivity index (χ0n) is 18.7. The molecule has 1 aromatic carbocycles. The quantitative estimate of drug-likeness (QED) is 0.321. The van der Waals surface area contributed by atoms with E-state index in [-0.39, 0.29) is 40.3 Å². The maximum absolute atomic E-state index is 13.4. The van der Waals surface area contributed by atoms with Crippen LogP contribution in [0.3, 0.4) is 0 Å². The van der Waals surface area contributed by atoms with E-state index < -0.39 is 28.1 Å². The molecular weight excluding hydrogens is 518 g/mol. The molecule has 0 aliphatic carbocycles. The molecule has 0 aliphatic rings. The van der Waals surface area contributed by atoms with Crippen LogP contribution < -0.4 is 19.8 Å². The Labute approximate surface area is 209 Å². The summed E-state index contributed by atoms with van der Waals surface area (Å²) in [5.41, 5.74) is 0.784. The molecule has 0 unspecified atom stereocenters. The second-order valence-electron chi connectivity index (χ2n) is 7.43. The maximum Gasteiger partial charge on any atom is 0.300 e. The normalized spacial score (nSPS) is 11.4. The van der Waals surface area contributed by atoms with E-state index in [1.807, 2.05) is 0 Å². The average Bonchev–Trinajstić information content (AvgIpc) is 2.85. The first-order valence-corrected chi connectivity index (χ1v) is 12.3. The maximum atomic E-state index is 13.4. The van der Waals surface area contributed by atoms with Crippen LogP contribution in [0.15, 0.2) is 64.7 Å². The number of alkyl halides is 1. The molecule has 0 fully saturated rings. The molecule has 0 radical (unpaired) electrons. The lowest BCUT2D eigenvalue weighted by Gasteiger charge is -2.14. The fourth-order valence-electron chi connectivity index (χ4n) is 3.30. The smallest absolute Gasteiger partial charge is 0.300 e. The standard InChI is InChI=1S/C23H19ClF2N4O5S/c1-34-22-18(29-36(32,33)20-5-4-16(26)10-17(20)24)9-15(11-28-22)14-3-6-21-27-12-19(35-8-2-7-25)23(31)30(21)13-14/h3-6,9-13,29H,2,7-8H2,1H3. The summed E-state index contributed by atoms with van der Waals surface area (Å²) in [6.45, 7) is -0.542. The summed E-state index contributed by atoms with van der Waals surface area (Å²) in [6, 6.07) is 7.63. The molecule has 0 saturated heterocycles. The number of ether oxygens (including phenoxy) is 2. The largest absolute Gasteiger partial charge is 0.487 e. The van der Waals surface area contributed by atoms with E-state index in [0.717, 1.165) is 18.2 Å². The fourth-order valence-corrected chi connectivity index (χ4v) is 4.89. The topological polar surface area (TPSA) is 112 Å². The lowest BCUT2D eigenvalue weighted by atomic mass is 10.1. The van der Waals surface area contributed by atoms with Gasteiger partial charge in [0.05, 0.1) is 31.6 Å². The van der Waals surface area contributed by atoms with Crippen molar-refractivity contribution in [2.75, 3.05) is 25.1 Å². The number of fused-ring (bicyclic) bond motifs is 1. The zero-order chi connectivity index (χ0) is 25.9. The van der Waals surface area contributed by atoms with Gasteiger partial charge in [-0.25, -0.2) is 22.8 Å². The predicted molar refractivity (Wildman–Crippen MR) is 130 cm³/mol. The fraction of sp³-hybridized carbons (Fsp3) is 0.174. The number of halogens is 3. The van der Waals surface area contributed by atoms with E-state index in [4.69, 9.17) is 21.1 Å². The van der Waals surface area contributed by atoms with Crippen LogP contribution in [0.1, 0.15) is 6.42 Å². The molecule has 0 bridgehead atoms. The first-order chi connectivity index (χ1) is 17.2. The minimum atomic E-state index is -4.23. The van der Waals surface area contributed by atoms with Gasteiger partial charge in [0.25, 0.3) is 15.6 Å². The number of sulfonamides is 1. The molecule has 4 rings (SSSR count). The summed E-state index contributed by atoms with van der Waals surface area (Å²) < 4.78 is 65.7. The van der Waals surface area contributed by atoms with Crippen LogP contribution in [0.25, 0.3) is 16.8 Å². The number of methoxy groups -OCH3 is 1. The third-order valence-corrected chi connectivity index (χ3v) is 6.86. The van der Waals surface area contributed by atoms with E-state index in [1.54, 1.807) is 12.1 Å². The number of hydrogen-bond acceptors (Lipinski definition) is 7. The van der Waals surface area contributed by atoms with Crippen LogP contribution in [-0.4, -0.2) is 43.2 Å². The van der Waals surface area contributed by atoms with Crippen molar-refractivity contribution in [3.63, 3.8) is 0 Å². The van der Waals surface area contributed by atoms with Crippen LogP contribution in [0.4, 0.5) is 14.5 Å². The summed E-state index contributed by atoms with van der Waals surface area (Å²) in [4.78, 5) is 20.8. The second kappa shape index (κ2) is 10.5. The molecule has 0 spiro atoms. The summed E-state index contributed by atoms with van der Waals surface area (Å²) in [5.74, 6) is -0.739. The van der Waals surface area contributed by atoms with E-state index in [1.165, 1.54) is 36.2 Å². The van der Waals surface area contributed by atoms with Gasteiger partial charge in [0.2, 0.25) is 11.6 Å². The van der Waals surface area contributed by atoms with Crippen molar-refractivity contribution in [1.82, 2.24) is 14.4 Å². The minimum Gasteiger partial charge on any atom is -0.487 e. The van der Waals surface area contributed by atoms with Gasteiger partial charge >= 0.3 is 0 Å². The second-order valence-corrected chi connectivity index (χ2v) is 9.48. The van der Waals surface area contributed by atoms with Crippen molar-refractivity contribution in [3.8, 4) is 22.8 Å². The number of rotatable bonds is 9. The van der Waals surface area contributed by atoms with Crippen LogP contribution in [0, 0.1) is 5.82 Å². The van der Waals surface area contributed by atoms with E-state index >= 15 is 0 Å². The SMILES string of the molecule is COc1ncc(-c2ccc3ncc(OCCCF)c(=O)n3c2)cc1NS(=O)(=O)c1ccc(F)cc1Cl. The lowest BCUT2D eigenvalue weighted by Crippen LogP contribution is -2.18. The summed E-state index contributed by atoms with van der Waals surface area (Å²) >= 11 is 5.93. The Morgan fingerprint density at radius 3 is 2.64 bits per heavy atom. The Bertz CT molecular complexity index is 1600. The Kier molecular flexibility index (Phi) is 7.36. The third-order valence-electron chi connectivity index (χ3n) is 5.01. The summed E-state index contributed by atoms with van der Waals surface area (Å²) in [7, 11) is -2.91. The molecule has 9 nitrogen and oxygen atoms in total. The Balaban J connectivity index is 1.73. The highest BCUT2D eigenvalue weighted by Crippen LogP contribution is 2.31. The van der Waals surface area contributed by atoms with Crippen molar-refractivity contribution >= 4 is 33.0 Å². The first kappa shape index (κ1) is 25.3. The third kappa shape index (κ3) is 5.24. The number of pyridine rings is 2. The van der Waals surface area contributed by atoms with E-state index in [0.29, 0.717) is 16.8 Å². The van der Waals surface area contributed by atoms with Crippen LogP contribution in [0.5, 0.6) is 11.6 Å². The van der Waals surface area contributed by atoms with Gasteiger partial charge in [-0.05, 0) is 36.4 Å². The van der Waals surface area contributed by atoms with Crippen LogP contribution >= 0.6 is 11.6 Å². The van der Waals surface area contributed by atoms with Gasteiger partial charge in [0, 0.05) is 29.9 Å². The van der Waals surface area contributed by atoms with Gasteiger partial charge in [0.15, 0.2) is 0 Å². The molecule has 13 heteroatoms. The van der Waals surface area contributed by atoms with E-state index in [9.17, 15) is 22.0 Å². The van der Waals surface area contributed by atoms with Crippen LogP contribution in [0.2, 0.25) is 5.02 Å². The number of hydrogen-bond donors (Lipinski definition) is 1. The molecular formula is C23H19ClF2N4O5S. The molecule has 0 saturated carbocycles. The number of benzene rings is 1. The first-order valence-electron chi connectivity index (χ1n) is 10.5.